The smallest absolute Gasteiger partial charge is 0.257 e. The summed E-state index contributed by atoms with van der Waals surface area (Å²) in [5.74, 6) is -0.683. The maximum Gasteiger partial charge on any atom is 0.257 e. The molecule has 0 saturated carbocycles. The van der Waals surface area contributed by atoms with Crippen molar-refractivity contribution in [3.63, 3.8) is 0 Å². The van der Waals surface area contributed by atoms with Crippen LogP contribution in [0.1, 0.15) is 25.0 Å². The van der Waals surface area contributed by atoms with Crippen molar-refractivity contribution in [1.29, 1.82) is 0 Å². The number of ether oxygens (including phenoxy) is 1. The van der Waals surface area contributed by atoms with Crippen LogP contribution in [0.15, 0.2) is 30.3 Å². The third kappa shape index (κ3) is 4.79. The molecule has 20 heavy (non-hydrogen) atoms. The molecule has 110 valence electrons. The van der Waals surface area contributed by atoms with Gasteiger partial charge in [-0.25, -0.2) is 13.1 Å². The van der Waals surface area contributed by atoms with E-state index in [4.69, 9.17) is 4.74 Å². The van der Waals surface area contributed by atoms with Gasteiger partial charge in [-0.3, -0.25) is 4.79 Å². The number of rotatable bonds is 5. The number of benzene rings is 1. The lowest BCUT2D eigenvalue weighted by Gasteiger charge is -2.25. The first-order chi connectivity index (χ1) is 9.15. The van der Waals surface area contributed by atoms with Crippen molar-refractivity contribution in [2.24, 2.45) is 0 Å². The van der Waals surface area contributed by atoms with Crippen molar-refractivity contribution in [1.82, 2.24) is 4.72 Å². The van der Waals surface area contributed by atoms with Gasteiger partial charge < -0.3 is 4.74 Å². The molecule has 0 aliphatic rings. The highest BCUT2D eigenvalue weighted by atomic mass is 32.2. The molecule has 0 radical (unpaired) electrons. The molecule has 1 amide bonds. The molecule has 0 bridgehead atoms. The number of carbonyl (C=O) groups is 1. The van der Waals surface area contributed by atoms with E-state index >= 15 is 0 Å². The van der Waals surface area contributed by atoms with Crippen LogP contribution < -0.4 is 4.72 Å². The Morgan fingerprint density at radius 1 is 1.30 bits per heavy atom. The summed E-state index contributed by atoms with van der Waals surface area (Å²) in [5.41, 5.74) is 1.20. The summed E-state index contributed by atoms with van der Waals surface area (Å²) in [7, 11) is -1.94. The van der Waals surface area contributed by atoms with Crippen LogP contribution in [0.4, 0.5) is 0 Å². The summed E-state index contributed by atoms with van der Waals surface area (Å²) >= 11 is 0. The van der Waals surface area contributed by atoms with E-state index in [1.165, 1.54) is 6.08 Å². The molecule has 6 heteroatoms. The average Bonchev–Trinajstić information content (AvgIpc) is 2.34. The highest BCUT2D eigenvalue weighted by Gasteiger charge is 2.21. The Morgan fingerprint density at radius 3 is 2.45 bits per heavy atom. The number of hydrogen-bond acceptors (Lipinski definition) is 4. The molecule has 0 fully saturated rings. The first-order valence-electron chi connectivity index (χ1n) is 6.00. The molecule has 1 N–H and O–H groups in total. The maximum absolute atomic E-state index is 11.5. The predicted octanol–water partition coefficient (Wildman–Crippen LogP) is 1.66. The second-order valence-corrected chi connectivity index (χ2v) is 6.62. The van der Waals surface area contributed by atoms with E-state index in [1.54, 1.807) is 13.2 Å². The largest absolute Gasteiger partial charge is 0.374 e. The summed E-state index contributed by atoms with van der Waals surface area (Å²) in [6.07, 6.45) is 3.68. The Morgan fingerprint density at radius 2 is 1.90 bits per heavy atom. The van der Waals surface area contributed by atoms with Crippen LogP contribution in [0.2, 0.25) is 0 Å². The zero-order valence-corrected chi connectivity index (χ0v) is 12.8. The molecule has 1 rings (SSSR count). The van der Waals surface area contributed by atoms with Crippen molar-refractivity contribution >= 4 is 22.0 Å². The van der Waals surface area contributed by atoms with Crippen molar-refractivity contribution in [3.8, 4) is 0 Å². The van der Waals surface area contributed by atoms with E-state index in [1.807, 2.05) is 42.8 Å². The van der Waals surface area contributed by atoms with E-state index in [0.717, 1.165) is 17.4 Å². The molecule has 5 nitrogen and oxygen atoms in total. The Labute approximate surface area is 119 Å². The maximum atomic E-state index is 11.5. The number of sulfonamides is 1. The lowest BCUT2D eigenvalue weighted by molar-refractivity contribution is -0.114. The minimum atomic E-state index is -3.55. The minimum absolute atomic E-state index is 0.506. The summed E-state index contributed by atoms with van der Waals surface area (Å²) in [4.78, 5) is 11.5. The molecule has 0 aromatic heterocycles. The minimum Gasteiger partial charge on any atom is -0.374 e. The third-order valence-corrected chi connectivity index (χ3v) is 3.39. The standard InChI is InChI=1S/C14H19NO4S/c1-14(2,19-3)12-8-6-5-7-11(12)9-10-13(16)15-20(4,17)18/h5-10H,1-4H3,(H,15,16)/b10-9+. The van der Waals surface area contributed by atoms with Crippen molar-refractivity contribution in [3.05, 3.63) is 41.5 Å². The molecule has 0 atom stereocenters. The molecular weight excluding hydrogens is 278 g/mol. The Balaban J connectivity index is 3.02. The van der Waals surface area contributed by atoms with Gasteiger partial charge in [0.05, 0.1) is 11.9 Å². The number of nitrogens with one attached hydrogen (secondary N) is 1. The first-order valence-corrected chi connectivity index (χ1v) is 7.89. The molecule has 0 unspecified atom stereocenters. The Hall–Kier alpha value is -1.66. The Kier molecular flexibility index (Phi) is 5.08. The summed E-state index contributed by atoms with van der Waals surface area (Å²) in [5, 5.41) is 0. The molecule has 0 aliphatic carbocycles. The van der Waals surface area contributed by atoms with Crippen LogP contribution in [-0.2, 0) is 25.2 Å². The van der Waals surface area contributed by atoms with Gasteiger partial charge in [0.2, 0.25) is 10.0 Å². The topological polar surface area (TPSA) is 72.5 Å². The lowest BCUT2D eigenvalue weighted by atomic mass is 9.93. The fourth-order valence-corrected chi connectivity index (χ4v) is 2.12. The van der Waals surface area contributed by atoms with Crippen LogP contribution in [0.5, 0.6) is 0 Å². The van der Waals surface area contributed by atoms with Crippen LogP contribution in [-0.4, -0.2) is 27.7 Å². The summed E-state index contributed by atoms with van der Waals surface area (Å²) in [6.45, 7) is 3.83. The van der Waals surface area contributed by atoms with Crippen molar-refractivity contribution in [2.45, 2.75) is 19.4 Å². The van der Waals surface area contributed by atoms with Gasteiger partial charge in [-0.1, -0.05) is 24.3 Å². The van der Waals surface area contributed by atoms with Gasteiger partial charge in [-0.15, -0.1) is 0 Å². The monoisotopic (exact) mass is 297 g/mol. The van der Waals surface area contributed by atoms with E-state index < -0.39 is 21.5 Å². The molecule has 0 spiro atoms. The first kappa shape index (κ1) is 16.4. The fourth-order valence-electron chi connectivity index (χ4n) is 1.68. The van der Waals surface area contributed by atoms with Gasteiger partial charge in [-0.05, 0) is 31.1 Å². The molecule has 1 aromatic rings. The molecular formula is C14H19NO4S. The van der Waals surface area contributed by atoms with Crippen LogP contribution in [0.25, 0.3) is 6.08 Å². The molecule has 0 saturated heterocycles. The van der Waals surface area contributed by atoms with Gasteiger partial charge in [0.15, 0.2) is 0 Å². The van der Waals surface area contributed by atoms with Gasteiger partial charge in [0.1, 0.15) is 0 Å². The number of carbonyl (C=O) groups excluding carboxylic acids is 1. The molecule has 0 aliphatic heterocycles. The molecule has 0 heterocycles. The van der Waals surface area contributed by atoms with Crippen LogP contribution in [0, 0.1) is 0 Å². The second kappa shape index (κ2) is 6.19. The van der Waals surface area contributed by atoms with Gasteiger partial charge in [0, 0.05) is 13.2 Å². The quantitative estimate of drug-likeness (QED) is 0.839. The normalized spacial score (nSPS) is 12.6. The molecule has 1 aromatic carbocycles. The predicted molar refractivity (Wildman–Crippen MR) is 78.5 cm³/mol. The van der Waals surface area contributed by atoms with E-state index in [-0.39, 0.29) is 0 Å². The van der Waals surface area contributed by atoms with Crippen LogP contribution >= 0.6 is 0 Å². The third-order valence-electron chi connectivity index (χ3n) is 2.82. The van der Waals surface area contributed by atoms with Crippen molar-refractivity contribution < 1.29 is 17.9 Å². The van der Waals surface area contributed by atoms with Gasteiger partial charge in [0.25, 0.3) is 5.91 Å². The zero-order chi connectivity index (χ0) is 15.4. The van der Waals surface area contributed by atoms with Gasteiger partial charge in [-0.2, -0.15) is 0 Å². The average molecular weight is 297 g/mol. The van der Waals surface area contributed by atoms with E-state index in [9.17, 15) is 13.2 Å². The van der Waals surface area contributed by atoms with Crippen LogP contribution in [0.3, 0.4) is 0 Å². The zero-order valence-electron chi connectivity index (χ0n) is 12.0. The van der Waals surface area contributed by atoms with E-state index in [2.05, 4.69) is 0 Å². The van der Waals surface area contributed by atoms with Crippen molar-refractivity contribution in [2.75, 3.05) is 13.4 Å². The Bertz CT molecular complexity index is 618. The fraction of sp³-hybridized carbons (Fsp3) is 0.357. The van der Waals surface area contributed by atoms with Gasteiger partial charge >= 0.3 is 0 Å². The number of hydrogen-bond donors (Lipinski definition) is 1. The second-order valence-electron chi connectivity index (χ2n) is 4.87. The van der Waals surface area contributed by atoms with E-state index in [0.29, 0.717) is 0 Å². The summed E-state index contributed by atoms with van der Waals surface area (Å²) < 4.78 is 29.2. The highest BCUT2D eigenvalue weighted by Crippen LogP contribution is 2.27. The lowest BCUT2D eigenvalue weighted by Crippen LogP contribution is -2.27. The highest BCUT2D eigenvalue weighted by molar-refractivity contribution is 7.89. The summed E-state index contributed by atoms with van der Waals surface area (Å²) in [6, 6.07) is 7.45. The number of methoxy groups -OCH3 is 1. The number of amides is 1. The SMILES string of the molecule is COC(C)(C)c1ccccc1/C=C/C(=O)NS(C)(=O)=O.